The molecule has 2 aliphatic rings. The fourth-order valence-electron chi connectivity index (χ4n) is 4.41. The predicted octanol–water partition coefficient (Wildman–Crippen LogP) is 2.26. The number of carbonyl (C=O) groups excluding carboxylic acids is 1. The quantitative estimate of drug-likeness (QED) is 0.742. The molecule has 0 aliphatic carbocycles. The number of likely N-dealkylation sites (tertiary alicyclic amines) is 1. The molecule has 1 amide bonds. The van der Waals surface area contributed by atoms with Crippen LogP contribution < -0.4 is 5.32 Å². The van der Waals surface area contributed by atoms with Crippen LogP contribution in [0.5, 0.6) is 0 Å². The van der Waals surface area contributed by atoms with Crippen LogP contribution in [0.25, 0.3) is 10.9 Å². The van der Waals surface area contributed by atoms with Crippen molar-refractivity contribution >= 4 is 16.8 Å². The fourth-order valence-corrected chi connectivity index (χ4v) is 4.41. The molecule has 3 aromatic rings. The van der Waals surface area contributed by atoms with E-state index in [4.69, 9.17) is 0 Å². The lowest BCUT2D eigenvalue weighted by atomic mass is 9.95. The van der Waals surface area contributed by atoms with Crippen LogP contribution in [0.4, 0.5) is 0 Å². The number of amides is 1. The van der Waals surface area contributed by atoms with Gasteiger partial charge in [-0.1, -0.05) is 18.2 Å². The van der Waals surface area contributed by atoms with Crippen molar-refractivity contribution in [3.8, 4) is 0 Å². The molecule has 7 heteroatoms. The fraction of sp³-hybridized carbons (Fsp3) is 0.429. The highest BCUT2D eigenvalue weighted by Gasteiger charge is 2.29. The molecule has 7 nitrogen and oxygen atoms in total. The summed E-state index contributed by atoms with van der Waals surface area (Å²) in [7, 11) is 0. The maximum Gasteiger partial charge on any atom is 0.254 e. The first kappa shape index (κ1) is 17.3. The highest BCUT2D eigenvalue weighted by Crippen LogP contribution is 2.29. The van der Waals surface area contributed by atoms with Crippen molar-refractivity contribution in [3.05, 3.63) is 53.2 Å². The summed E-state index contributed by atoms with van der Waals surface area (Å²) in [5.74, 6) is 2.60. The van der Waals surface area contributed by atoms with Gasteiger partial charge in [-0.2, -0.15) is 0 Å². The van der Waals surface area contributed by atoms with Gasteiger partial charge in [0.05, 0.1) is 17.6 Å². The van der Waals surface area contributed by atoms with Crippen molar-refractivity contribution < 1.29 is 4.79 Å². The van der Waals surface area contributed by atoms with Crippen LogP contribution >= 0.6 is 0 Å². The molecule has 4 heterocycles. The zero-order chi connectivity index (χ0) is 19.1. The smallest absolute Gasteiger partial charge is 0.254 e. The SMILES string of the molecule is Cc1cc(C(=O)N2CCC(c3nnc4n3CCNC4)CC2)c2ccccc2n1. The molecule has 0 saturated carbocycles. The van der Waals surface area contributed by atoms with Gasteiger partial charge in [0.1, 0.15) is 11.6 Å². The first-order valence-corrected chi connectivity index (χ1v) is 9.99. The second-order valence-electron chi connectivity index (χ2n) is 7.70. The Kier molecular flexibility index (Phi) is 4.31. The molecule has 0 bridgehead atoms. The van der Waals surface area contributed by atoms with Crippen LogP contribution in [-0.4, -0.2) is 50.2 Å². The van der Waals surface area contributed by atoms with E-state index < -0.39 is 0 Å². The second-order valence-corrected chi connectivity index (χ2v) is 7.70. The van der Waals surface area contributed by atoms with Crippen molar-refractivity contribution in [2.45, 2.75) is 38.8 Å². The van der Waals surface area contributed by atoms with Crippen LogP contribution in [0.15, 0.2) is 30.3 Å². The third kappa shape index (κ3) is 2.96. The Bertz CT molecular complexity index is 1030. The molecule has 1 N–H and O–H groups in total. The molecule has 144 valence electrons. The van der Waals surface area contributed by atoms with Crippen molar-refractivity contribution in [2.75, 3.05) is 19.6 Å². The van der Waals surface area contributed by atoms with E-state index in [9.17, 15) is 4.79 Å². The van der Waals surface area contributed by atoms with Gasteiger partial charge >= 0.3 is 0 Å². The number of hydrogen-bond donors (Lipinski definition) is 1. The highest BCUT2D eigenvalue weighted by molar-refractivity contribution is 6.06. The molecule has 2 aromatic heterocycles. The molecule has 28 heavy (non-hydrogen) atoms. The van der Waals surface area contributed by atoms with Gasteiger partial charge < -0.3 is 14.8 Å². The van der Waals surface area contributed by atoms with Gasteiger partial charge in [-0.15, -0.1) is 10.2 Å². The normalized spacial score (nSPS) is 17.7. The summed E-state index contributed by atoms with van der Waals surface area (Å²) in [5.41, 5.74) is 2.51. The lowest BCUT2D eigenvalue weighted by Crippen LogP contribution is -2.39. The molecule has 1 aromatic carbocycles. The Morgan fingerprint density at radius 2 is 1.96 bits per heavy atom. The summed E-state index contributed by atoms with van der Waals surface area (Å²) in [5, 5.41) is 13.1. The summed E-state index contributed by atoms with van der Waals surface area (Å²) >= 11 is 0. The Balaban J connectivity index is 1.35. The molecule has 2 aliphatic heterocycles. The number of benzene rings is 1. The van der Waals surface area contributed by atoms with Crippen molar-refractivity contribution in [2.24, 2.45) is 0 Å². The zero-order valence-corrected chi connectivity index (χ0v) is 16.1. The van der Waals surface area contributed by atoms with Crippen molar-refractivity contribution in [3.63, 3.8) is 0 Å². The van der Waals surface area contributed by atoms with Crippen molar-refractivity contribution in [1.29, 1.82) is 0 Å². The van der Waals surface area contributed by atoms with Crippen LogP contribution in [0.3, 0.4) is 0 Å². The van der Waals surface area contributed by atoms with Gasteiger partial charge in [0.2, 0.25) is 0 Å². The lowest BCUT2D eigenvalue weighted by molar-refractivity contribution is 0.0712. The standard InChI is InChI=1S/C21H24N6O/c1-14-12-17(16-4-2-3-5-18(16)23-14)21(28)26-9-6-15(7-10-26)20-25-24-19-13-22-8-11-27(19)20/h2-5,12,15,22H,6-11,13H2,1H3. The Morgan fingerprint density at radius 1 is 1.14 bits per heavy atom. The second kappa shape index (κ2) is 6.98. The number of aromatic nitrogens is 4. The number of piperidine rings is 1. The molecular formula is C21H24N6O. The molecule has 1 fully saturated rings. The zero-order valence-electron chi connectivity index (χ0n) is 16.1. The van der Waals surface area contributed by atoms with Gasteiger partial charge in [0, 0.05) is 43.2 Å². The van der Waals surface area contributed by atoms with Gasteiger partial charge in [-0.05, 0) is 31.9 Å². The van der Waals surface area contributed by atoms with E-state index in [1.54, 1.807) is 0 Å². The van der Waals surface area contributed by atoms with E-state index in [-0.39, 0.29) is 5.91 Å². The van der Waals surface area contributed by atoms with E-state index >= 15 is 0 Å². The van der Waals surface area contributed by atoms with Gasteiger partial charge in [0.15, 0.2) is 0 Å². The minimum Gasteiger partial charge on any atom is -0.339 e. The minimum absolute atomic E-state index is 0.104. The van der Waals surface area contributed by atoms with E-state index in [0.717, 1.165) is 79.4 Å². The summed E-state index contributed by atoms with van der Waals surface area (Å²) < 4.78 is 2.26. The maximum atomic E-state index is 13.2. The van der Waals surface area contributed by atoms with Gasteiger partial charge in [-0.25, -0.2) is 0 Å². The predicted molar refractivity (Wildman–Crippen MR) is 106 cm³/mol. The number of pyridine rings is 1. The number of carbonyl (C=O) groups is 1. The molecule has 0 atom stereocenters. The van der Waals surface area contributed by atoms with E-state index in [1.807, 2.05) is 42.2 Å². The molecule has 5 rings (SSSR count). The number of aryl methyl sites for hydroxylation is 1. The monoisotopic (exact) mass is 376 g/mol. The topological polar surface area (TPSA) is 75.9 Å². The van der Waals surface area contributed by atoms with Crippen LogP contribution in [0, 0.1) is 6.92 Å². The summed E-state index contributed by atoms with van der Waals surface area (Å²) in [6.07, 6.45) is 1.86. The van der Waals surface area contributed by atoms with E-state index in [0.29, 0.717) is 5.92 Å². The van der Waals surface area contributed by atoms with E-state index in [2.05, 4.69) is 25.1 Å². The minimum atomic E-state index is 0.104. The first-order valence-electron chi connectivity index (χ1n) is 9.99. The number of nitrogens with zero attached hydrogens (tertiary/aromatic N) is 5. The largest absolute Gasteiger partial charge is 0.339 e. The molecule has 0 radical (unpaired) electrons. The number of fused-ring (bicyclic) bond motifs is 2. The third-order valence-electron chi connectivity index (χ3n) is 5.87. The number of nitrogens with one attached hydrogen (secondary N) is 1. The van der Waals surface area contributed by atoms with Crippen LogP contribution in [0.1, 0.15) is 46.5 Å². The highest BCUT2D eigenvalue weighted by atomic mass is 16.2. The lowest BCUT2D eigenvalue weighted by Gasteiger charge is -2.32. The average molecular weight is 376 g/mol. The molecule has 0 spiro atoms. The summed E-state index contributed by atoms with van der Waals surface area (Å²) in [6.45, 7) is 6.12. The third-order valence-corrected chi connectivity index (χ3v) is 5.87. The van der Waals surface area contributed by atoms with Crippen molar-refractivity contribution in [1.82, 2.24) is 30.0 Å². The maximum absolute atomic E-state index is 13.2. The Labute approximate surface area is 163 Å². The van der Waals surface area contributed by atoms with Crippen LogP contribution in [0.2, 0.25) is 0 Å². The molecule has 0 unspecified atom stereocenters. The average Bonchev–Trinajstić information content (AvgIpc) is 3.17. The number of para-hydroxylation sites is 1. The van der Waals surface area contributed by atoms with Gasteiger partial charge in [-0.3, -0.25) is 9.78 Å². The number of hydrogen-bond acceptors (Lipinski definition) is 5. The number of rotatable bonds is 2. The molecular weight excluding hydrogens is 352 g/mol. The summed E-state index contributed by atoms with van der Waals surface area (Å²) in [4.78, 5) is 19.8. The Hall–Kier alpha value is -2.80. The Morgan fingerprint density at radius 3 is 2.82 bits per heavy atom. The van der Waals surface area contributed by atoms with E-state index in [1.165, 1.54) is 0 Å². The van der Waals surface area contributed by atoms with Crippen LogP contribution in [-0.2, 0) is 13.1 Å². The van der Waals surface area contributed by atoms with Gasteiger partial charge in [0.25, 0.3) is 5.91 Å². The first-order chi connectivity index (χ1) is 13.7. The summed E-state index contributed by atoms with van der Waals surface area (Å²) in [6, 6.07) is 9.79. The molecule has 1 saturated heterocycles.